The van der Waals surface area contributed by atoms with E-state index in [1.807, 2.05) is 31.2 Å². The highest BCUT2D eigenvalue weighted by Gasteiger charge is 2.33. The highest BCUT2D eigenvalue weighted by atomic mass is 16.6. The number of carbonyl (C=O) groups is 2. The molecule has 2 atom stereocenters. The first kappa shape index (κ1) is 14.8. The third kappa shape index (κ3) is 3.22. The SMILES string of the molecule is Cc1ccc(N2CC(CNC(=O)C3CCCO3)OC2=O)cc1. The van der Waals surface area contributed by atoms with Gasteiger partial charge in [-0.25, -0.2) is 4.79 Å². The third-order valence-electron chi connectivity index (χ3n) is 3.95. The van der Waals surface area contributed by atoms with Crippen LogP contribution in [0.1, 0.15) is 18.4 Å². The predicted octanol–water partition coefficient (Wildman–Crippen LogP) is 1.62. The van der Waals surface area contributed by atoms with E-state index in [0.717, 1.165) is 24.1 Å². The minimum Gasteiger partial charge on any atom is -0.442 e. The van der Waals surface area contributed by atoms with Crippen LogP contribution < -0.4 is 10.2 Å². The number of ether oxygens (including phenoxy) is 2. The monoisotopic (exact) mass is 304 g/mol. The van der Waals surface area contributed by atoms with Gasteiger partial charge in [0.05, 0.1) is 13.1 Å². The van der Waals surface area contributed by atoms with Gasteiger partial charge in [-0.05, 0) is 31.9 Å². The molecule has 2 aliphatic rings. The number of nitrogens with one attached hydrogen (secondary N) is 1. The van der Waals surface area contributed by atoms with Crippen molar-refractivity contribution in [3.05, 3.63) is 29.8 Å². The van der Waals surface area contributed by atoms with E-state index in [2.05, 4.69) is 5.32 Å². The van der Waals surface area contributed by atoms with E-state index in [1.54, 1.807) is 4.90 Å². The summed E-state index contributed by atoms with van der Waals surface area (Å²) in [4.78, 5) is 25.4. The number of benzene rings is 1. The van der Waals surface area contributed by atoms with Gasteiger partial charge in [-0.3, -0.25) is 9.69 Å². The predicted molar refractivity (Wildman–Crippen MR) is 80.8 cm³/mol. The number of hydrogen-bond acceptors (Lipinski definition) is 4. The largest absolute Gasteiger partial charge is 0.442 e. The van der Waals surface area contributed by atoms with Crippen LogP contribution in [0, 0.1) is 6.92 Å². The molecule has 6 heteroatoms. The fourth-order valence-corrected chi connectivity index (χ4v) is 2.68. The summed E-state index contributed by atoms with van der Waals surface area (Å²) < 4.78 is 10.6. The van der Waals surface area contributed by atoms with Crippen molar-refractivity contribution in [3.63, 3.8) is 0 Å². The lowest BCUT2D eigenvalue weighted by molar-refractivity contribution is -0.130. The van der Waals surface area contributed by atoms with Gasteiger partial charge < -0.3 is 14.8 Å². The summed E-state index contributed by atoms with van der Waals surface area (Å²) in [5, 5.41) is 2.80. The van der Waals surface area contributed by atoms with Crippen LogP contribution in [0.15, 0.2) is 24.3 Å². The maximum Gasteiger partial charge on any atom is 0.414 e. The average molecular weight is 304 g/mol. The Balaban J connectivity index is 1.53. The second-order valence-electron chi connectivity index (χ2n) is 5.70. The van der Waals surface area contributed by atoms with Crippen molar-refractivity contribution in [2.45, 2.75) is 32.0 Å². The lowest BCUT2D eigenvalue weighted by atomic mass is 10.2. The van der Waals surface area contributed by atoms with Crippen LogP contribution in [0.3, 0.4) is 0 Å². The molecule has 0 radical (unpaired) electrons. The highest BCUT2D eigenvalue weighted by molar-refractivity contribution is 5.89. The van der Waals surface area contributed by atoms with E-state index in [9.17, 15) is 9.59 Å². The van der Waals surface area contributed by atoms with Gasteiger partial charge in [0.15, 0.2) is 0 Å². The molecule has 6 nitrogen and oxygen atoms in total. The van der Waals surface area contributed by atoms with E-state index >= 15 is 0 Å². The van der Waals surface area contributed by atoms with Gasteiger partial charge >= 0.3 is 6.09 Å². The number of anilines is 1. The summed E-state index contributed by atoms with van der Waals surface area (Å²) in [6.45, 7) is 3.38. The molecule has 0 bridgehead atoms. The molecule has 2 saturated heterocycles. The fraction of sp³-hybridized carbons (Fsp3) is 0.500. The Hall–Kier alpha value is -2.08. The van der Waals surface area contributed by atoms with Gasteiger partial charge in [-0.2, -0.15) is 0 Å². The van der Waals surface area contributed by atoms with Crippen molar-refractivity contribution in [2.75, 3.05) is 24.6 Å². The van der Waals surface area contributed by atoms with Crippen LogP contribution in [-0.4, -0.2) is 43.9 Å². The lowest BCUT2D eigenvalue weighted by Crippen LogP contribution is -2.40. The molecule has 2 amide bonds. The molecule has 2 fully saturated rings. The first-order chi connectivity index (χ1) is 10.6. The molecule has 2 unspecified atom stereocenters. The summed E-state index contributed by atoms with van der Waals surface area (Å²) in [5.41, 5.74) is 1.94. The van der Waals surface area contributed by atoms with Gasteiger partial charge in [0, 0.05) is 12.3 Å². The van der Waals surface area contributed by atoms with Crippen molar-refractivity contribution < 1.29 is 19.1 Å². The molecule has 3 rings (SSSR count). The number of aryl methyl sites for hydroxylation is 1. The molecule has 22 heavy (non-hydrogen) atoms. The molecule has 1 N–H and O–H groups in total. The summed E-state index contributed by atoms with van der Waals surface area (Å²) in [7, 11) is 0. The van der Waals surface area contributed by atoms with Gasteiger partial charge in [-0.1, -0.05) is 17.7 Å². The van der Waals surface area contributed by atoms with Gasteiger partial charge in [0.25, 0.3) is 0 Å². The van der Waals surface area contributed by atoms with Crippen molar-refractivity contribution in [1.82, 2.24) is 5.32 Å². The molecule has 1 aromatic rings. The van der Waals surface area contributed by atoms with Crippen LogP contribution in [0.5, 0.6) is 0 Å². The summed E-state index contributed by atoms with van der Waals surface area (Å²) in [6, 6.07) is 7.69. The molecule has 2 heterocycles. The Kier molecular flexibility index (Phi) is 4.29. The van der Waals surface area contributed by atoms with E-state index < -0.39 is 0 Å². The Morgan fingerprint density at radius 2 is 2.14 bits per heavy atom. The summed E-state index contributed by atoms with van der Waals surface area (Å²) >= 11 is 0. The van der Waals surface area contributed by atoms with Crippen LogP contribution in [0.25, 0.3) is 0 Å². The van der Waals surface area contributed by atoms with Crippen molar-refractivity contribution >= 4 is 17.7 Å². The molecule has 0 spiro atoms. The van der Waals surface area contributed by atoms with Crippen molar-refractivity contribution in [2.24, 2.45) is 0 Å². The van der Waals surface area contributed by atoms with E-state index in [4.69, 9.17) is 9.47 Å². The number of cyclic esters (lactones) is 1. The second-order valence-corrected chi connectivity index (χ2v) is 5.70. The second kappa shape index (κ2) is 6.36. The standard InChI is InChI=1S/C16H20N2O4/c1-11-4-6-12(7-5-11)18-10-13(22-16(18)20)9-17-15(19)14-3-2-8-21-14/h4-7,13-14H,2-3,8-10H2,1H3,(H,17,19). The smallest absolute Gasteiger partial charge is 0.414 e. The number of rotatable bonds is 4. The number of hydrogen-bond donors (Lipinski definition) is 1. The van der Waals surface area contributed by atoms with Crippen molar-refractivity contribution in [1.29, 1.82) is 0 Å². The van der Waals surface area contributed by atoms with Crippen LogP contribution in [0.4, 0.5) is 10.5 Å². The van der Waals surface area contributed by atoms with E-state index in [0.29, 0.717) is 19.7 Å². The Morgan fingerprint density at radius 3 is 2.82 bits per heavy atom. The Labute approximate surface area is 129 Å². The molecule has 118 valence electrons. The zero-order chi connectivity index (χ0) is 15.5. The van der Waals surface area contributed by atoms with Gasteiger partial charge in [0.1, 0.15) is 12.2 Å². The number of carbonyl (C=O) groups excluding carboxylic acids is 2. The van der Waals surface area contributed by atoms with Crippen LogP contribution in [-0.2, 0) is 14.3 Å². The molecule has 0 saturated carbocycles. The summed E-state index contributed by atoms with van der Waals surface area (Å²) in [6.07, 6.45) is 0.605. The topological polar surface area (TPSA) is 67.9 Å². The number of amides is 2. The molecule has 1 aromatic carbocycles. The molecule has 0 aromatic heterocycles. The average Bonchev–Trinajstić information content (AvgIpc) is 3.15. The van der Waals surface area contributed by atoms with E-state index in [-0.39, 0.29) is 24.2 Å². The Bertz CT molecular complexity index is 552. The first-order valence-electron chi connectivity index (χ1n) is 7.57. The van der Waals surface area contributed by atoms with Crippen molar-refractivity contribution in [3.8, 4) is 0 Å². The minimum atomic E-state index is -0.375. The summed E-state index contributed by atoms with van der Waals surface area (Å²) in [5.74, 6) is -0.123. The van der Waals surface area contributed by atoms with Crippen LogP contribution >= 0.6 is 0 Å². The Morgan fingerprint density at radius 1 is 1.36 bits per heavy atom. The van der Waals surface area contributed by atoms with Gasteiger partial charge in [0.2, 0.25) is 5.91 Å². The highest BCUT2D eigenvalue weighted by Crippen LogP contribution is 2.21. The van der Waals surface area contributed by atoms with Gasteiger partial charge in [-0.15, -0.1) is 0 Å². The van der Waals surface area contributed by atoms with E-state index in [1.165, 1.54) is 0 Å². The first-order valence-corrected chi connectivity index (χ1v) is 7.57. The minimum absolute atomic E-state index is 0.123. The quantitative estimate of drug-likeness (QED) is 0.918. The third-order valence-corrected chi connectivity index (χ3v) is 3.95. The zero-order valence-electron chi connectivity index (χ0n) is 12.6. The normalized spacial score (nSPS) is 24.4. The zero-order valence-corrected chi connectivity index (χ0v) is 12.6. The molecule has 0 aliphatic carbocycles. The fourth-order valence-electron chi connectivity index (χ4n) is 2.68. The van der Waals surface area contributed by atoms with Crippen LogP contribution in [0.2, 0.25) is 0 Å². The number of nitrogens with zero attached hydrogens (tertiary/aromatic N) is 1. The lowest BCUT2D eigenvalue weighted by Gasteiger charge is -2.14. The molecule has 2 aliphatic heterocycles. The molecular formula is C16H20N2O4. The maximum absolute atomic E-state index is 11.9. The maximum atomic E-state index is 11.9. The molecular weight excluding hydrogens is 284 g/mol.